The molecule has 0 saturated heterocycles. The van der Waals surface area contributed by atoms with Crippen molar-refractivity contribution >= 4 is 12.0 Å². The normalized spacial score (nSPS) is 11.1. The molecule has 0 fully saturated rings. The second-order valence-electron chi connectivity index (χ2n) is 4.95. The molecule has 26 heavy (non-hydrogen) atoms. The maximum Gasteiger partial charge on any atom is 0.387 e. The van der Waals surface area contributed by atoms with E-state index in [1.54, 1.807) is 25.1 Å². The van der Waals surface area contributed by atoms with Gasteiger partial charge in [-0.05, 0) is 42.8 Å². The molecule has 0 bridgehead atoms. The maximum atomic E-state index is 12.4. The topological polar surface area (TPSA) is 84.5 Å². The summed E-state index contributed by atoms with van der Waals surface area (Å²) >= 11 is 0. The predicted octanol–water partition coefficient (Wildman–Crippen LogP) is 3.50. The summed E-state index contributed by atoms with van der Waals surface area (Å²) in [5, 5.41) is 11.8. The summed E-state index contributed by atoms with van der Waals surface area (Å²) in [6.07, 6.45) is 2.80. The fourth-order valence-corrected chi connectivity index (χ4v) is 2.07. The van der Waals surface area contributed by atoms with E-state index in [0.29, 0.717) is 11.3 Å². The summed E-state index contributed by atoms with van der Waals surface area (Å²) in [5.74, 6) is -0.0767. The van der Waals surface area contributed by atoms with E-state index in [1.807, 2.05) is 0 Å². The van der Waals surface area contributed by atoms with Crippen molar-refractivity contribution in [2.75, 3.05) is 6.61 Å². The van der Waals surface area contributed by atoms with E-state index in [1.165, 1.54) is 30.5 Å². The molecule has 2 rings (SSSR count). The number of nitrogens with zero attached hydrogens (tertiary/aromatic N) is 1. The van der Waals surface area contributed by atoms with Crippen LogP contribution in [-0.4, -0.2) is 19.1 Å². The first kappa shape index (κ1) is 19.0. The van der Waals surface area contributed by atoms with Gasteiger partial charge in [0.15, 0.2) is 11.5 Å². The van der Waals surface area contributed by atoms with E-state index in [-0.39, 0.29) is 30.2 Å². The molecule has 1 amide bonds. The van der Waals surface area contributed by atoms with Crippen molar-refractivity contribution < 1.29 is 27.5 Å². The number of amides is 1. The standard InChI is InChI=1S/C18H16F2N2O4/c1-2-24-16-9-12(5-6-15(16)26-18(19)20)8-13(10-21)17(23)22-11-14-4-3-7-25-14/h3-9,18H,2,11H2,1H3,(H,22,23)/b13-8+. The first-order valence-corrected chi connectivity index (χ1v) is 7.67. The van der Waals surface area contributed by atoms with Crippen LogP contribution < -0.4 is 14.8 Å². The second-order valence-corrected chi connectivity index (χ2v) is 4.95. The Morgan fingerprint density at radius 3 is 2.81 bits per heavy atom. The van der Waals surface area contributed by atoms with E-state index in [0.717, 1.165) is 0 Å². The lowest BCUT2D eigenvalue weighted by molar-refractivity contribution is -0.117. The van der Waals surface area contributed by atoms with Gasteiger partial charge in [0.05, 0.1) is 19.4 Å². The molecule has 1 N–H and O–H groups in total. The Kier molecular flexibility index (Phi) is 6.74. The van der Waals surface area contributed by atoms with Crippen molar-refractivity contribution in [3.05, 3.63) is 53.5 Å². The van der Waals surface area contributed by atoms with Crippen LogP contribution in [0.25, 0.3) is 6.08 Å². The summed E-state index contributed by atoms with van der Waals surface area (Å²) < 4.78 is 39.6. The minimum atomic E-state index is -2.99. The average Bonchev–Trinajstić information content (AvgIpc) is 3.13. The van der Waals surface area contributed by atoms with Crippen LogP contribution in [-0.2, 0) is 11.3 Å². The van der Waals surface area contributed by atoms with Crippen molar-refractivity contribution in [2.45, 2.75) is 20.1 Å². The highest BCUT2D eigenvalue weighted by molar-refractivity contribution is 6.01. The Bertz CT molecular complexity index is 811. The molecule has 0 aliphatic heterocycles. The van der Waals surface area contributed by atoms with Crippen LogP contribution in [0.3, 0.4) is 0 Å². The Morgan fingerprint density at radius 2 is 2.19 bits per heavy atom. The Labute approximate surface area is 148 Å². The highest BCUT2D eigenvalue weighted by atomic mass is 19.3. The third kappa shape index (κ3) is 5.34. The van der Waals surface area contributed by atoms with Crippen molar-refractivity contribution in [1.82, 2.24) is 5.32 Å². The van der Waals surface area contributed by atoms with Gasteiger partial charge in [-0.3, -0.25) is 4.79 Å². The number of hydrogen-bond donors (Lipinski definition) is 1. The molecule has 2 aromatic rings. The summed E-state index contributed by atoms with van der Waals surface area (Å²) in [6.45, 7) is -0.924. The number of nitriles is 1. The first-order chi connectivity index (χ1) is 12.5. The molecule has 0 spiro atoms. The molecule has 8 heteroatoms. The Balaban J connectivity index is 2.17. The summed E-state index contributed by atoms with van der Waals surface area (Å²) in [5.41, 5.74) is 0.279. The highest BCUT2D eigenvalue weighted by Crippen LogP contribution is 2.30. The molecule has 0 radical (unpaired) electrons. The largest absolute Gasteiger partial charge is 0.490 e. The zero-order valence-corrected chi connectivity index (χ0v) is 13.9. The Morgan fingerprint density at radius 1 is 1.38 bits per heavy atom. The van der Waals surface area contributed by atoms with Crippen LogP contribution >= 0.6 is 0 Å². The predicted molar refractivity (Wildman–Crippen MR) is 88.4 cm³/mol. The van der Waals surface area contributed by atoms with E-state index < -0.39 is 12.5 Å². The molecular formula is C18H16F2N2O4. The van der Waals surface area contributed by atoms with Gasteiger partial charge >= 0.3 is 6.61 Å². The number of hydrogen-bond acceptors (Lipinski definition) is 5. The van der Waals surface area contributed by atoms with Crippen molar-refractivity contribution in [3.63, 3.8) is 0 Å². The molecule has 0 aliphatic carbocycles. The minimum absolute atomic E-state index is 0.0924. The molecule has 0 saturated carbocycles. The van der Waals surface area contributed by atoms with Crippen molar-refractivity contribution in [2.24, 2.45) is 0 Å². The van der Waals surface area contributed by atoms with Gasteiger partial charge in [0.25, 0.3) is 5.91 Å². The lowest BCUT2D eigenvalue weighted by Crippen LogP contribution is -2.23. The first-order valence-electron chi connectivity index (χ1n) is 7.67. The van der Waals surface area contributed by atoms with E-state index in [9.17, 15) is 18.8 Å². The van der Waals surface area contributed by atoms with Gasteiger partial charge in [-0.1, -0.05) is 6.07 Å². The number of rotatable bonds is 8. The molecule has 0 unspecified atom stereocenters. The van der Waals surface area contributed by atoms with Gasteiger partial charge in [0.1, 0.15) is 17.4 Å². The lowest BCUT2D eigenvalue weighted by atomic mass is 10.1. The van der Waals surface area contributed by atoms with Gasteiger partial charge in [0.2, 0.25) is 0 Å². The number of furan rings is 1. The molecule has 0 aliphatic rings. The third-order valence-corrected chi connectivity index (χ3v) is 3.16. The minimum Gasteiger partial charge on any atom is -0.490 e. The lowest BCUT2D eigenvalue weighted by Gasteiger charge is -2.11. The number of nitrogens with one attached hydrogen (secondary N) is 1. The monoisotopic (exact) mass is 362 g/mol. The van der Waals surface area contributed by atoms with Gasteiger partial charge in [-0.25, -0.2) is 0 Å². The summed E-state index contributed by atoms with van der Waals surface area (Å²) in [6, 6.07) is 9.32. The van der Waals surface area contributed by atoms with Gasteiger partial charge in [-0.15, -0.1) is 0 Å². The number of alkyl halides is 2. The zero-order valence-electron chi connectivity index (χ0n) is 13.9. The van der Waals surface area contributed by atoms with Crippen LogP contribution in [0.2, 0.25) is 0 Å². The third-order valence-electron chi connectivity index (χ3n) is 3.16. The van der Waals surface area contributed by atoms with Crippen LogP contribution in [0.15, 0.2) is 46.6 Å². The molecule has 1 aromatic heterocycles. The number of halogens is 2. The van der Waals surface area contributed by atoms with Crippen molar-refractivity contribution in [1.29, 1.82) is 5.26 Å². The molecular weight excluding hydrogens is 346 g/mol. The number of benzene rings is 1. The second kappa shape index (κ2) is 9.22. The van der Waals surface area contributed by atoms with Crippen LogP contribution in [0.4, 0.5) is 8.78 Å². The van der Waals surface area contributed by atoms with E-state index >= 15 is 0 Å². The van der Waals surface area contributed by atoms with Gasteiger partial charge in [0, 0.05) is 0 Å². The smallest absolute Gasteiger partial charge is 0.387 e. The maximum absolute atomic E-state index is 12.4. The molecule has 1 heterocycles. The highest BCUT2D eigenvalue weighted by Gasteiger charge is 2.13. The number of carbonyl (C=O) groups excluding carboxylic acids is 1. The fourth-order valence-electron chi connectivity index (χ4n) is 2.07. The van der Waals surface area contributed by atoms with Crippen LogP contribution in [0.1, 0.15) is 18.2 Å². The average molecular weight is 362 g/mol. The van der Waals surface area contributed by atoms with Gasteiger partial charge in [-0.2, -0.15) is 14.0 Å². The Hall–Kier alpha value is -3.34. The van der Waals surface area contributed by atoms with Gasteiger partial charge < -0.3 is 19.2 Å². The molecule has 136 valence electrons. The summed E-state index contributed by atoms with van der Waals surface area (Å²) in [7, 11) is 0. The van der Waals surface area contributed by atoms with Crippen LogP contribution in [0, 0.1) is 11.3 Å². The number of ether oxygens (including phenoxy) is 2. The van der Waals surface area contributed by atoms with E-state index in [4.69, 9.17) is 9.15 Å². The van der Waals surface area contributed by atoms with Crippen LogP contribution in [0.5, 0.6) is 11.5 Å². The van der Waals surface area contributed by atoms with Crippen molar-refractivity contribution in [3.8, 4) is 17.6 Å². The summed E-state index contributed by atoms with van der Waals surface area (Å²) in [4.78, 5) is 12.1. The molecule has 6 nitrogen and oxygen atoms in total. The fraction of sp³-hybridized carbons (Fsp3) is 0.222. The number of carbonyl (C=O) groups is 1. The quantitative estimate of drug-likeness (QED) is 0.574. The molecule has 1 aromatic carbocycles. The SMILES string of the molecule is CCOc1cc(/C=C(\C#N)C(=O)NCc2ccco2)ccc1OC(F)F. The zero-order chi connectivity index (χ0) is 18.9. The van der Waals surface area contributed by atoms with E-state index in [2.05, 4.69) is 10.1 Å². The molecule has 0 atom stereocenters.